The van der Waals surface area contributed by atoms with Crippen molar-refractivity contribution < 1.29 is 9.90 Å². The molecule has 3 N–H and O–H groups in total. The standard InChI is InChI=1S/C15H12BrN3O3S/c1-7-11-13(23-12(7)15(21)22)18-10(19(17)14(11)20)6-8-3-2-4-9(16)5-8/h2-5H,6,17H2,1H3,(H,21,22). The van der Waals surface area contributed by atoms with Gasteiger partial charge in [-0.2, -0.15) is 0 Å². The molecular formula is C15H12BrN3O3S. The summed E-state index contributed by atoms with van der Waals surface area (Å²) in [7, 11) is 0. The van der Waals surface area contributed by atoms with E-state index >= 15 is 0 Å². The summed E-state index contributed by atoms with van der Waals surface area (Å²) in [5.74, 6) is 5.20. The number of carboxylic acid groups (broad SMARTS) is 1. The average molecular weight is 394 g/mol. The summed E-state index contributed by atoms with van der Waals surface area (Å²) >= 11 is 4.39. The van der Waals surface area contributed by atoms with E-state index in [-0.39, 0.29) is 10.3 Å². The van der Waals surface area contributed by atoms with Crippen LogP contribution in [0.15, 0.2) is 33.5 Å². The molecule has 8 heteroatoms. The molecule has 1 aromatic carbocycles. The number of halogens is 1. The van der Waals surface area contributed by atoms with E-state index in [9.17, 15) is 14.7 Å². The number of carbonyl (C=O) groups is 1. The van der Waals surface area contributed by atoms with Gasteiger partial charge in [0.05, 0.1) is 5.39 Å². The lowest BCUT2D eigenvalue weighted by Crippen LogP contribution is -2.31. The summed E-state index contributed by atoms with van der Waals surface area (Å²) < 4.78 is 1.91. The van der Waals surface area contributed by atoms with Crippen molar-refractivity contribution in [3.8, 4) is 0 Å². The smallest absolute Gasteiger partial charge is 0.346 e. The van der Waals surface area contributed by atoms with Gasteiger partial charge in [-0.25, -0.2) is 14.5 Å². The van der Waals surface area contributed by atoms with Gasteiger partial charge in [-0.1, -0.05) is 28.1 Å². The van der Waals surface area contributed by atoms with Gasteiger partial charge in [0.25, 0.3) is 5.56 Å². The van der Waals surface area contributed by atoms with E-state index in [1.54, 1.807) is 6.92 Å². The van der Waals surface area contributed by atoms with Crippen LogP contribution in [0.5, 0.6) is 0 Å². The Morgan fingerprint density at radius 3 is 2.87 bits per heavy atom. The minimum Gasteiger partial charge on any atom is -0.477 e. The second kappa shape index (κ2) is 5.78. The number of fused-ring (bicyclic) bond motifs is 1. The number of nitrogens with two attached hydrogens (primary N) is 1. The molecule has 0 spiro atoms. The molecule has 2 aromatic heterocycles. The molecule has 0 radical (unpaired) electrons. The lowest BCUT2D eigenvalue weighted by Gasteiger charge is -2.08. The molecule has 0 unspecified atom stereocenters. The van der Waals surface area contributed by atoms with Gasteiger partial charge in [-0.3, -0.25) is 4.79 Å². The first-order chi connectivity index (χ1) is 10.9. The normalized spacial score (nSPS) is 11.0. The number of carboxylic acids is 1. The van der Waals surface area contributed by atoms with Crippen molar-refractivity contribution in [1.82, 2.24) is 9.66 Å². The number of benzene rings is 1. The molecule has 6 nitrogen and oxygen atoms in total. The van der Waals surface area contributed by atoms with Crippen LogP contribution in [0.25, 0.3) is 10.2 Å². The van der Waals surface area contributed by atoms with Crippen LogP contribution in [0.2, 0.25) is 0 Å². The lowest BCUT2D eigenvalue weighted by molar-refractivity contribution is 0.0701. The van der Waals surface area contributed by atoms with Crippen molar-refractivity contribution in [2.24, 2.45) is 0 Å². The van der Waals surface area contributed by atoms with Crippen molar-refractivity contribution in [2.75, 3.05) is 5.84 Å². The molecule has 0 bridgehead atoms. The van der Waals surface area contributed by atoms with E-state index in [1.807, 2.05) is 24.3 Å². The van der Waals surface area contributed by atoms with E-state index in [0.717, 1.165) is 26.0 Å². The number of hydrogen-bond donors (Lipinski definition) is 2. The molecule has 0 aliphatic rings. The fourth-order valence-corrected chi connectivity index (χ4v) is 3.87. The number of thiophene rings is 1. The Morgan fingerprint density at radius 1 is 1.48 bits per heavy atom. The van der Waals surface area contributed by atoms with E-state index in [2.05, 4.69) is 20.9 Å². The third kappa shape index (κ3) is 2.75. The van der Waals surface area contributed by atoms with Crippen LogP contribution >= 0.6 is 27.3 Å². The highest BCUT2D eigenvalue weighted by Gasteiger charge is 2.20. The minimum atomic E-state index is -1.07. The Morgan fingerprint density at radius 2 is 2.22 bits per heavy atom. The minimum absolute atomic E-state index is 0.115. The molecule has 0 saturated carbocycles. The van der Waals surface area contributed by atoms with Crippen LogP contribution in [0.4, 0.5) is 0 Å². The Labute approximate surface area is 143 Å². The van der Waals surface area contributed by atoms with Gasteiger partial charge in [-0.05, 0) is 30.2 Å². The van der Waals surface area contributed by atoms with Gasteiger partial charge < -0.3 is 10.9 Å². The largest absolute Gasteiger partial charge is 0.477 e. The summed E-state index contributed by atoms with van der Waals surface area (Å²) in [5, 5.41) is 9.47. The van der Waals surface area contributed by atoms with E-state index in [0.29, 0.717) is 22.6 Å². The molecule has 0 aliphatic heterocycles. The Bertz CT molecular complexity index is 994. The molecule has 0 fully saturated rings. The summed E-state index contributed by atoms with van der Waals surface area (Å²) in [4.78, 5) is 28.6. The van der Waals surface area contributed by atoms with Gasteiger partial charge in [-0.15, -0.1) is 11.3 Å². The SMILES string of the molecule is Cc1c(C(=O)O)sc2nc(Cc3cccc(Br)c3)n(N)c(=O)c12. The predicted octanol–water partition coefficient (Wildman–Crippen LogP) is 2.53. The number of nitrogen functional groups attached to an aromatic ring is 1. The first-order valence-electron chi connectivity index (χ1n) is 6.66. The molecule has 0 atom stereocenters. The first kappa shape index (κ1) is 15.7. The highest BCUT2D eigenvalue weighted by Crippen LogP contribution is 2.27. The maximum absolute atomic E-state index is 12.5. The number of aromatic nitrogens is 2. The van der Waals surface area contributed by atoms with Crippen molar-refractivity contribution in [3.63, 3.8) is 0 Å². The third-order valence-corrected chi connectivity index (χ3v) is 5.18. The van der Waals surface area contributed by atoms with Crippen LogP contribution in [0.1, 0.15) is 26.6 Å². The van der Waals surface area contributed by atoms with E-state index in [4.69, 9.17) is 5.84 Å². The molecular weight excluding hydrogens is 382 g/mol. The van der Waals surface area contributed by atoms with Gasteiger partial charge in [0.15, 0.2) is 0 Å². The Hall–Kier alpha value is -2.19. The quantitative estimate of drug-likeness (QED) is 0.666. The Kier molecular flexibility index (Phi) is 3.95. The van der Waals surface area contributed by atoms with Crippen molar-refractivity contribution in [3.05, 3.63) is 60.9 Å². The molecule has 3 rings (SSSR count). The molecule has 0 saturated heterocycles. The summed E-state index contributed by atoms with van der Waals surface area (Å²) in [6.45, 7) is 1.60. The molecule has 23 heavy (non-hydrogen) atoms. The lowest BCUT2D eigenvalue weighted by atomic mass is 10.1. The molecule has 2 heterocycles. The number of rotatable bonds is 3. The van der Waals surface area contributed by atoms with Crippen LogP contribution in [-0.4, -0.2) is 20.7 Å². The van der Waals surface area contributed by atoms with Crippen LogP contribution in [0, 0.1) is 6.92 Å². The second-order valence-corrected chi connectivity index (χ2v) is 6.97. The van der Waals surface area contributed by atoms with Crippen molar-refractivity contribution >= 4 is 43.5 Å². The van der Waals surface area contributed by atoms with Gasteiger partial charge >= 0.3 is 5.97 Å². The predicted molar refractivity (Wildman–Crippen MR) is 92.7 cm³/mol. The average Bonchev–Trinajstić information content (AvgIpc) is 2.81. The fourth-order valence-electron chi connectivity index (χ4n) is 2.40. The first-order valence-corrected chi connectivity index (χ1v) is 8.27. The fraction of sp³-hybridized carbons (Fsp3) is 0.133. The van der Waals surface area contributed by atoms with Crippen molar-refractivity contribution in [2.45, 2.75) is 13.3 Å². The molecule has 0 aliphatic carbocycles. The number of nitrogens with zero attached hydrogens (tertiary/aromatic N) is 2. The van der Waals surface area contributed by atoms with Crippen molar-refractivity contribution in [1.29, 1.82) is 0 Å². The molecule has 118 valence electrons. The maximum Gasteiger partial charge on any atom is 0.346 e. The summed E-state index contributed by atoms with van der Waals surface area (Å²) in [5.41, 5.74) is 0.918. The monoisotopic (exact) mass is 393 g/mol. The van der Waals surface area contributed by atoms with E-state index in [1.165, 1.54) is 0 Å². The zero-order valence-corrected chi connectivity index (χ0v) is 14.4. The highest BCUT2D eigenvalue weighted by molar-refractivity contribution is 9.10. The third-order valence-electron chi connectivity index (χ3n) is 3.52. The van der Waals surface area contributed by atoms with Gasteiger partial charge in [0, 0.05) is 10.9 Å². The summed E-state index contributed by atoms with van der Waals surface area (Å²) in [6.07, 6.45) is 0.375. The van der Waals surface area contributed by atoms with Crippen LogP contribution < -0.4 is 11.4 Å². The zero-order valence-electron chi connectivity index (χ0n) is 12.0. The van der Waals surface area contributed by atoms with E-state index < -0.39 is 11.5 Å². The van der Waals surface area contributed by atoms with Crippen LogP contribution in [-0.2, 0) is 6.42 Å². The summed E-state index contributed by atoms with van der Waals surface area (Å²) in [6, 6.07) is 7.61. The van der Waals surface area contributed by atoms with Crippen LogP contribution in [0.3, 0.4) is 0 Å². The second-order valence-electron chi connectivity index (χ2n) is 5.05. The maximum atomic E-state index is 12.5. The topological polar surface area (TPSA) is 98.2 Å². The number of aromatic carboxylic acids is 1. The zero-order chi connectivity index (χ0) is 16.7. The van der Waals surface area contributed by atoms with Gasteiger partial charge in [0.2, 0.25) is 0 Å². The Balaban J connectivity index is 2.17. The number of aryl methyl sites for hydroxylation is 1. The molecule has 0 amide bonds. The molecule has 3 aromatic rings. The van der Waals surface area contributed by atoms with Gasteiger partial charge in [0.1, 0.15) is 15.5 Å². The number of hydrogen-bond acceptors (Lipinski definition) is 5. The highest BCUT2D eigenvalue weighted by atomic mass is 79.9.